The third-order valence-electron chi connectivity index (χ3n) is 4.16. The van der Waals surface area contributed by atoms with Crippen molar-refractivity contribution >= 4 is 29.3 Å². The number of nitrogens with zero attached hydrogens (tertiary/aromatic N) is 1. The molecule has 0 saturated carbocycles. The zero-order valence-corrected chi connectivity index (χ0v) is 16.6. The Hall–Kier alpha value is -2.60. The fourth-order valence-electron chi connectivity index (χ4n) is 2.87. The number of carbonyl (C=O) groups is 3. The smallest absolute Gasteiger partial charge is 0.308 e. The summed E-state index contributed by atoms with van der Waals surface area (Å²) in [5.74, 6) is -1.02. The average molecular weight is 391 g/mol. The zero-order chi connectivity index (χ0) is 20.1. The molecule has 0 aliphatic rings. The van der Waals surface area contributed by atoms with Crippen LogP contribution in [0.2, 0.25) is 5.02 Å². The Labute approximate surface area is 163 Å². The Morgan fingerprint density at radius 1 is 1.19 bits per heavy atom. The molecule has 144 valence electrons. The van der Waals surface area contributed by atoms with Crippen LogP contribution in [0.5, 0.6) is 0 Å². The first-order valence-electron chi connectivity index (χ1n) is 8.63. The molecular weight excluding hydrogens is 368 g/mol. The fraction of sp³-hybridized carbons (Fsp3) is 0.350. The second kappa shape index (κ2) is 8.86. The number of nitrogens with one attached hydrogen (secondary N) is 1. The molecule has 1 atom stereocenters. The Bertz CT molecular complexity index is 856. The fourth-order valence-corrected chi connectivity index (χ4v) is 2.99. The molecule has 0 unspecified atom stereocenters. The van der Waals surface area contributed by atoms with Gasteiger partial charge in [0.05, 0.1) is 6.42 Å². The average Bonchev–Trinajstić information content (AvgIpc) is 2.89. The lowest BCUT2D eigenvalue weighted by molar-refractivity contribution is -0.146. The van der Waals surface area contributed by atoms with Crippen molar-refractivity contribution in [3.8, 4) is 5.69 Å². The first kappa shape index (κ1) is 20.7. The summed E-state index contributed by atoms with van der Waals surface area (Å²) >= 11 is 5.94. The van der Waals surface area contributed by atoms with Gasteiger partial charge in [-0.15, -0.1) is 0 Å². The molecule has 1 aromatic heterocycles. The summed E-state index contributed by atoms with van der Waals surface area (Å²) in [6.07, 6.45) is -0.893. The highest BCUT2D eigenvalue weighted by atomic mass is 35.5. The number of ether oxygens (including phenoxy) is 1. The second-order valence-electron chi connectivity index (χ2n) is 6.33. The summed E-state index contributed by atoms with van der Waals surface area (Å²) in [6, 6.07) is 9.12. The van der Waals surface area contributed by atoms with E-state index in [9.17, 15) is 14.4 Å². The van der Waals surface area contributed by atoms with Crippen LogP contribution in [0.25, 0.3) is 5.69 Å². The first-order valence-corrected chi connectivity index (χ1v) is 9.01. The van der Waals surface area contributed by atoms with Gasteiger partial charge in [-0.1, -0.05) is 11.6 Å². The van der Waals surface area contributed by atoms with Crippen LogP contribution in [0.3, 0.4) is 0 Å². The molecule has 1 N–H and O–H groups in total. The van der Waals surface area contributed by atoms with E-state index in [0.29, 0.717) is 10.6 Å². The predicted octanol–water partition coefficient (Wildman–Crippen LogP) is 3.39. The summed E-state index contributed by atoms with van der Waals surface area (Å²) in [5, 5.41) is 3.15. The first-order chi connectivity index (χ1) is 12.7. The van der Waals surface area contributed by atoms with Crippen molar-refractivity contribution in [1.82, 2.24) is 9.88 Å². The maximum absolute atomic E-state index is 12.8. The number of aryl methyl sites for hydroxylation is 1. The van der Waals surface area contributed by atoms with Gasteiger partial charge in [-0.3, -0.25) is 14.4 Å². The van der Waals surface area contributed by atoms with Gasteiger partial charge in [0.15, 0.2) is 6.10 Å². The minimum Gasteiger partial charge on any atom is -0.454 e. The van der Waals surface area contributed by atoms with Gasteiger partial charge < -0.3 is 14.6 Å². The van der Waals surface area contributed by atoms with Gasteiger partial charge in [0.2, 0.25) is 11.7 Å². The Kier molecular flexibility index (Phi) is 6.80. The maximum Gasteiger partial charge on any atom is 0.308 e. The van der Waals surface area contributed by atoms with Gasteiger partial charge in [0.25, 0.3) is 0 Å². The van der Waals surface area contributed by atoms with Crippen LogP contribution in [0.1, 0.15) is 42.0 Å². The van der Waals surface area contributed by atoms with E-state index in [0.717, 1.165) is 17.1 Å². The van der Waals surface area contributed by atoms with E-state index >= 15 is 0 Å². The zero-order valence-electron chi connectivity index (χ0n) is 15.8. The summed E-state index contributed by atoms with van der Waals surface area (Å²) in [7, 11) is 0. The van der Waals surface area contributed by atoms with Crippen LogP contribution in [0, 0.1) is 13.8 Å². The minimum atomic E-state index is -0.908. The van der Waals surface area contributed by atoms with Crippen molar-refractivity contribution in [2.75, 3.05) is 6.54 Å². The SMILES string of the molecule is CC(=O)NCCC(=O)O[C@@H](C)C(=O)c1cc(C)n(-c2ccc(Cl)cc2)c1C. The summed E-state index contributed by atoms with van der Waals surface area (Å²) in [6.45, 7) is 6.85. The molecule has 1 amide bonds. The molecule has 0 bridgehead atoms. The third kappa shape index (κ3) is 5.20. The molecule has 0 fully saturated rings. The summed E-state index contributed by atoms with van der Waals surface area (Å²) in [4.78, 5) is 35.4. The molecule has 0 aliphatic heterocycles. The van der Waals surface area contributed by atoms with Crippen LogP contribution in [0.15, 0.2) is 30.3 Å². The molecule has 0 aliphatic carbocycles. The molecule has 27 heavy (non-hydrogen) atoms. The van der Waals surface area contributed by atoms with Crippen molar-refractivity contribution in [3.05, 3.63) is 52.3 Å². The number of Topliss-reactive ketones (excluding diaryl/α,β-unsaturated/α-hetero) is 1. The molecular formula is C20H23ClN2O4. The number of halogens is 1. The number of ketones is 1. The van der Waals surface area contributed by atoms with Crippen molar-refractivity contribution < 1.29 is 19.1 Å². The van der Waals surface area contributed by atoms with E-state index in [4.69, 9.17) is 16.3 Å². The molecule has 2 rings (SSSR count). The molecule has 2 aromatic rings. The standard InChI is InChI=1S/C20H23ClN2O4/c1-12-11-18(13(2)23(12)17-7-5-16(21)6-8-17)20(26)14(3)27-19(25)9-10-22-15(4)24/h5-8,11,14H,9-10H2,1-4H3,(H,22,24)/t14-/m0/s1. The van der Waals surface area contributed by atoms with Gasteiger partial charge in [-0.25, -0.2) is 0 Å². The van der Waals surface area contributed by atoms with Gasteiger partial charge in [-0.2, -0.15) is 0 Å². The number of aromatic nitrogens is 1. The van der Waals surface area contributed by atoms with Crippen molar-refractivity contribution in [2.24, 2.45) is 0 Å². The van der Waals surface area contributed by atoms with Crippen LogP contribution < -0.4 is 5.32 Å². The molecule has 1 heterocycles. The number of carbonyl (C=O) groups excluding carboxylic acids is 3. The lowest BCUT2D eigenvalue weighted by Gasteiger charge is -2.13. The topological polar surface area (TPSA) is 77.4 Å². The largest absolute Gasteiger partial charge is 0.454 e. The van der Waals surface area contributed by atoms with E-state index in [1.54, 1.807) is 25.1 Å². The van der Waals surface area contributed by atoms with Crippen LogP contribution in [-0.4, -0.2) is 34.9 Å². The number of hydrogen-bond donors (Lipinski definition) is 1. The van der Waals surface area contributed by atoms with Gasteiger partial charge in [0.1, 0.15) is 0 Å². The predicted molar refractivity (Wildman–Crippen MR) is 103 cm³/mol. The highest BCUT2D eigenvalue weighted by Gasteiger charge is 2.24. The number of amides is 1. The van der Waals surface area contributed by atoms with Crippen molar-refractivity contribution in [3.63, 3.8) is 0 Å². The van der Waals surface area contributed by atoms with E-state index in [1.807, 2.05) is 30.5 Å². The summed E-state index contributed by atoms with van der Waals surface area (Å²) in [5.41, 5.74) is 3.06. The Morgan fingerprint density at radius 2 is 1.81 bits per heavy atom. The number of hydrogen-bond acceptors (Lipinski definition) is 4. The van der Waals surface area contributed by atoms with Crippen LogP contribution in [-0.2, 0) is 14.3 Å². The number of benzene rings is 1. The highest BCUT2D eigenvalue weighted by Crippen LogP contribution is 2.23. The Morgan fingerprint density at radius 3 is 2.41 bits per heavy atom. The quantitative estimate of drug-likeness (QED) is 0.580. The summed E-state index contributed by atoms with van der Waals surface area (Å²) < 4.78 is 7.16. The second-order valence-corrected chi connectivity index (χ2v) is 6.76. The van der Waals surface area contributed by atoms with Crippen LogP contribution >= 0.6 is 11.6 Å². The van der Waals surface area contributed by atoms with Gasteiger partial charge in [0, 0.05) is 41.1 Å². The normalized spacial score (nSPS) is 11.7. The molecule has 1 aromatic carbocycles. The molecule has 7 heteroatoms. The highest BCUT2D eigenvalue weighted by molar-refractivity contribution is 6.30. The van der Waals surface area contributed by atoms with Crippen molar-refractivity contribution in [2.45, 2.75) is 40.2 Å². The van der Waals surface area contributed by atoms with Crippen molar-refractivity contribution in [1.29, 1.82) is 0 Å². The third-order valence-corrected chi connectivity index (χ3v) is 4.41. The minimum absolute atomic E-state index is 0.0149. The lowest BCUT2D eigenvalue weighted by Crippen LogP contribution is -2.28. The Balaban J connectivity index is 2.12. The van der Waals surface area contributed by atoms with E-state index < -0.39 is 12.1 Å². The van der Waals surface area contributed by atoms with Gasteiger partial charge in [-0.05, 0) is 51.1 Å². The van der Waals surface area contributed by atoms with Gasteiger partial charge >= 0.3 is 5.97 Å². The monoisotopic (exact) mass is 390 g/mol. The maximum atomic E-state index is 12.8. The number of rotatable bonds is 7. The number of esters is 1. The van der Waals surface area contributed by atoms with E-state index in [2.05, 4.69) is 5.32 Å². The molecule has 0 saturated heterocycles. The van der Waals surface area contributed by atoms with E-state index in [-0.39, 0.29) is 24.7 Å². The lowest BCUT2D eigenvalue weighted by atomic mass is 10.1. The molecule has 0 spiro atoms. The van der Waals surface area contributed by atoms with Crippen LogP contribution in [0.4, 0.5) is 0 Å². The van der Waals surface area contributed by atoms with E-state index in [1.165, 1.54) is 6.92 Å². The molecule has 0 radical (unpaired) electrons. The molecule has 6 nitrogen and oxygen atoms in total.